The van der Waals surface area contributed by atoms with Crippen molar-refractivity contribution in [2.75, 3.05) is 6.54 Å². The molecule has 0 aromatic heterocycles. The molecular weight excluding hydrogens is 246 g/mol. The molecule has 1 amide bonds. The summed E-state index contributed by atoms with van der Waals surface area (Å²) in [5, 5.41) is 0. The van der Waals surface area contributed by atoms with E-state index in [-0.39, 0.29) is 11.9 Å². The van der Waals surface area contributed by atoms with Gasteiger partial charge in [-0.25, -0.2) is 0 Å². The van der Waals surface area contributed by atoms with Crippen LogP contribution in [-0.4, -0.2) is 23.4 Å². The minimum atomic E-state index is 0.105. The van der Waals surface area contributed by atoms with Gasteiger partial charge in [0.2, 0.25) is 5.91 Å². The third-order valence-electron chi connectivity index (χ3n) is 3.05. The van der Waals surface area contributed by atoms with Gasteiger partial charge in [0.15, 0.2) is 0 Å². The molecule has 0 aliphatic heterocycles. The Balaban J connectivity index is 4.57. The molecular formula is C18H31NO. The number of hydrogen-bond acceptors (Lipinski definition) is 1. The van der Waals surface area contributed by atoms with E-state index in [2.05, 4.69) is 46.8 Å². The molecule has 0 aromatic rings. The number of carbonyl (C=O) groups is 1. The normalized spacial score (nSPS) is 11.3. The Kier molecular flexibility index (Phi) is 8.94. The molecule has 0 bridgehead atoms. The zero-order chi connectivity index (χ0) is 15.7. The Morgan fingerprint density at radius 1 is 1.00 bits per heavy atom. The van der Waals surface area contributed by atoms with Crippen LogP contribution in [0.4, 0.5) is 0 Å². The molecule has 114 valence electrons. The Hall–Kier alpha value is -1.31. The van der Waals surface area contributed by atoms with E-state index in [1.165, 1.54) is 11.1 Å². The van der Waals surface area contributed by atoms with Crippen molar-refractivity contribution in [3.05, 3.63) is 34.9 Å². The second-order valence-corrected chi connectivity index (χ2v) is 6.18. The third kappa shape index (κ3) is 8.73. The van der Waals surface area contributed by atoms with Gasteiger partial charge >= 0.3 is 0 Å². The number of allylic oxidation sites excluding steroid dienone is 4. The molecule has 0 saturated carbocycles. The second-order valence-electron chi connectivity index (χ2n) is 6.18. The minimum Gasteiger partial charge on any atom is -0.333 e. The molecule has 0 aliphatic carbocycles. The molecule has 0 fully saturated rings. The van der Waals surface area contributed by atoms with E-state index >= 15 is 0 Å². The van der Waals surface area contributed by atoms with Gasteiger partial charge in [-0.1, -0.05) is 28.9 Å². The Labute approximate surface area is 125 Å². The fraction of sp³-hybridized carbons (Fsp3) is 0.611. The highest BCUT2D eigenvalue weighted by Gasteiger charge is 2.13. The van der Waals surface area contributed by atoms with E-state index in [0.29, 0.717) is 6.54 Å². The average Bonchev–Trinajstić information content (AvgIpc) is 2.26. The van der Waals surface area contributed by atoms with E-state index in [9.17, 15) is 4.79 Å². The van der Waals surface area contributed by atoms with E-state index in [4.69, 9.17) is 0 Å². The van der Waals surface area contributed by atoms with Crippen molar-refractivity contribution in [1.29, 1.82) is 0 Å². The van der Waals surface area contributed by atoms with Crippen molar-refractivity contribution in [1.82, 2.24) is 4.90 Å². The van der Waals surface area contributed by atoms with Crippen LogP contribution >= 0.6 is 0 Å². The fourth-order valence-corrected chi connectivity index (χ4v) is 1.83. The lowest BCUT2D eigenvalue weighted by molar-refractivity contribution is -0.127. The first-order valence-electron chi connectivity index (χ1n) is 7.48. The van der Waals surface area contributed by atoms with E-state index in [0.717, 1.165) is 18.4 Å². The van der Waals surface area contributed by atoms with Crippen LogP contribution in [0.2, 0.25) is 0 Å². The fourth-order valence-electron chi connectivity index (χ4n) is 1.83. The molecule has 0 heterocycles. The summed E-state index contributed by atoms with van der Waals surface area (Å²) in [4.78, 5) is 14.0. The summed E-state index contributed by atoms with van der Waals surface area (Å²) in [7, 11) is 0. The molecule has 0 N–H and O–H groups in total. The van der Waals surface area contributed by atoms with Crippen molar-refractivity contribution in [2.24, 2.45) is 0 Å². The molecule has 0 aliphatic rings. The highest BCUT2D eigenvalue weighted by molar-refractivity contribution is 5.88. The molecule has 0 aromatic carbocycles. The standard InChI is InChI=1S/C18H31NO/c1-14(2)9-8-10-17(7)11-12-19(16(5)6)18(20)13-15(3)4/h9,11,13,16H,8,10,12H2,1-7H3/b17-11+. The first-order chi connectivity index (χ1) is 9.23. The van der Waals surface area contributed by atoms with Gasteiger partial charge in [0.25, 0.3) is 0 Å². The van der Waals surface area contributed by atoms with Gasteiger partial charge in [0, 0.05) is 18.7 Å². The lowest BCUT2D eigenvalue weighted by Crippen LogP contribution is -2.36. The predicted octanol–water partition coefficient (Wildman–Crippen LogP) is 4.88. The summed E-state index contributed by atoms with van der Waals surface area (Å²) in [6.45, 7) is 15.1. The Morgan fingerprint density at radius 2 is 1.60 bits per heavy atom. The van der Waals surface area contributed by atoms with Crippen LogP contribution < -0.4 is 0 Å². The highest BCUT2D eigenvalue weighted by atomic mass is 16.2. The molecule has 0 saturated heterocycles. The predicted molar refractivity (Wildman–Crippen MR) is 88.7 cm³/mol. The molecule has 0 radical (unpaired) electrons. The summed E-state index contributed by atoms with van der Waals surface area (Å²) in [6.07, 6.45) is 8.29. The van der Waals surface area contributed by atoms with E-state index in [1.807, 2.05) is 18.7 Å². The molecule has 0 rings (SSSR count). The molecule has 0 unspecified atom stereocenters. The van der Waals surface area contributed by atoms with Crippen LogP contribution in [0.15, 0.2) is 34.9 Å². The number of rotatable bonds is 7. The molecule has 20 heavy (non-hydrogen) atoms. The van der Waals surface area contributed by atoms with Crippen LogP contribution in [0.3, 0.4) is 0 Å². The van der Waals surface area contributed by atoms with Gasteiger partial charge in [0.1, 0.15) is 0 Å². The van der Waals surface area contributed by atoms with Crippen molar-refractivity contribution in [3.63, 3.8) is 0 Å². The highest BCUT2D eigenvalue weighted by Crippen LogP contribution is 2.09. The quantitative estimate of drug-likeness (QED) is 0.479. The van der Waals surface area contributed by atoms with Crippen molar-refractivity contribution >= 4 is 5.91 Å². The molecule has 0 spiro atoms. The topological polar surface area (TPSA) is 20.3 Å². The zero-order valence-corrected chi connectivity index (χ0v) is 14.3. The Morgan fingerprint density at radius 3 is 2.05 bits per heavy atom. The lowest BCUT2D eigenvalue weighted by Gasteiger charge is -2.24. The number of nitrogens with zero attached hydrogens (tertiary/aromatic N) is 1. The largest absolute Gasteiger partial charge is 0.333 e. The third-order valence-corrected chi connectivity index (χ3v) is 3.05. The monoisotopic (exact) mass is 277 g/mol. The Bertz CT molecular complexity index is 392. The van der Waals surface area contributed by atoms with Gasteiger partial charge in [-0.3, -0.25) is 4.79 Å². The van der Waals surface area contributed by atoms with Crippen LogP contribution in [-0.2, 0) is 4.79 Å². The first kappa shape index (κ1) is 18.7. The van der Waals surface area contributed by atoms with Crippen LogP contribution in [0.25, 0.3) is 0 Å². The summed E-state index contributed by atoms with van der Waals surface area (Å²) in [6, 6.07) is 0.222. The van der Waals surface area contributed by atoms with Crippen LogP contribution in [0, 0.1) is 0 Å². The number of hydrogen-bond donors (Lipinski definition) is 0. The van der Waals surface area contributed by atoms with Crippen molar-refractivity contribution in [3.8, 4) is 0 Å². The average molecular weight is 277 g/mol. The second kappa shape index (κ2) is 9.57. The maximum atomic E-state index is 12.1. The molecule has 0 atom stereocenters. The smallest absolute Gasteiger partial charge is 0.246 e. The minimum absolute atomic E-state index is 0.105. The van der Waals surface area contributed by atoms with Gasteiger partial charge in [-0.15, -0.1) is 0 Å². The van der Waals surface area contributed by atoms with E-state index < -0.39 is 0 Å². The maximum Gasteiger partial charge on any atom is 0.246 e. The summed E-state index contributed by atoms with van der Waals surface area (Å²) in [5.41, 5.74) is 3.75. The number of amides is 1. The summed E-state index contributed by atoms with van der Waals surface area (Å²) in [5.74, 6) is 0.105. The summed E-state index contributed by atoms with van der Waals surface area (Å²) < 4.78 is 0. The lowest BCUT2D eigenvalue weighted by atomic mass is 10.1. The molecule has 2 nitrogen and oxygen atoms in total. The first-order valence-corrected chi connectivity index (χ1v) is 7.48. The SMILES string of the molecule is CC(C)=CCC/C(C)=C/CN(C(=O)C=C(C)C)C(C)C. The number of carbonyl (C=O) groups excluding carboxylic acids is 1. The van der Waals surface area contributed by atoms with E-state index in [1.54, 1.807) is 6.08 Å². The molecule has 2 heteroatoms. The maximum absolute atomic E-state index is 12.1. The summed E-state index contributed by atoms with van der Waals surface area (Å²) >= 11 is 0. The van der Waals surface area contributed by atoms with Gasteiger partial charge < -0.3 is 4.90 Å². The van der Waals surface area contributed by atoms with Crippen molar-refractivity contribution in [2.45, 2.75) is 67.3 Å². The van der Waals surface area contributed by atoms with Gasteiger partial charge in [0.05, 0.1) is 0 Å². The van der Waals surface area contributed by atoms with Gasteiger partial charge in [-0.05, 0) is 61.3 Å². The van der Waals surface area contributed by atoms with Gasteiger partial charge in [-0.2, -0.15) is 0 Å². The zero-order valence-electron chi connectivity index (χ0n) is 14.3. The van der Waals surface area contributed by atoms with Crippen LogP contribution in [0.1, 0.15) is 61.3 Å². The van der Waals surface area contributed by atoms with Crippen molar-refractivity contribution < 1.29 is 4.79 Å². The van der Waals surface area contributed by atoms with Crippen LogP contribution in [0.5, 0.6) is 0 Å².